The molecule has 1 amide bonds. The van der Waals surface area contributed by atoms with Crippen LogP contribution in [0.5, 0.6) is 0 Å². The van der Waals surface area contributed by atoms with E-state index >= 15 is 0 Å². The number of nitrogens with zero attached hydrogens (tertiary/aromatic N) is 2. The van der Waals surface area contributed by atoms with Crippen LogP contribution < -0.4 is 5.32 Å². The summed E-state index contributed by atoms with van der Waals surface area (Å²) < 4.78 is 41.2. The average molecular weight is 628 g/mol. The van der Waals surface area contributed by atoms with E-state index in [1.165, 1.54) is 36.6 Å². The van der Waals surface area contributed by atoms with Gasteiger partial charge in [-0.2, -0.15) is 13.2 Å². The number of hydrogen-bond donors (Lipinski definition) is 1. The van der Waals surface area contributed by atoms with Gasteiger partial charge >= 0.3 is 6.18 Å². The highest BCUT2D eigenvalue weighted by molar-refractivity contribution is 6.04. The van der Waals surface area contributed by atoms with Crippen LogP contribution in [-0.4, -0.2) is 54.7 Å². The van der Waals surface area contributed by atoms with Gasteiger partial charge in [0.05, 0.1) is 5.56 Å². The summed E-state index contributed by atoms with van der Waals surface area (Å²) in [5, 5.41) is 2.63. The first-order valence-electron chi connectivity index (χ1n) is 15.6. The predicted molar refractivity (Wildman–Crippen MR) is 182 cm³/mol. The Balaban J connectivity index is 0.000000605. The monoisotopic (exact) mass is 627 g/mol. The predicted octanol–water partition coefficient (Wildman–Crippen LogP) is 9.04. The number of amides is 1. The number of nitrogens with one attached hydrogen (secondary N) is 1. The lowest BCUT2D eigenvalue weighted by molar-refractivity contribution is -0.138. The van der Waals surface area contributed by atoms with E-state index in [2.05, 4.69) is 56.6 Å². The van der Waals surface area contributed by atoms with Gasteiger partial charge in [-0.25, -0.2) is 0 Å². The van der Waals surface area contributed by atoms with Crippen molar-refractivity contribution in [3.8, 4) is 0 Å². The number of aryl methyl sites for hydroxylation is 2. The van der Waals surface area contributed by atoms with Crippen molar-refractivity contribution in [1.29, 1.82) is 0 Å². The Hall–Kier alpha value is -3.49. The normalized spacial score (nSPS) is 13.9. The Morgan fingerprint density at radius 3 is 2.02 bits per heavy atom. The first kappa shape index (κ1) is 39.5. The van der Waals surface area contributed by atoms with Gasteiger partial charge in [-0.15, -0.1) is 0 Å². The molecule has 3 rings (SSSR count). The fourth-order valence-electron chi connectivity index (χ4n) is 4.50. The van der Waals surface area contributed by atoms with Crippen molar-refractivity contribution >= 4 is 17.4 Å². The Labute approximate surface area is 268 Å². The Kier molecular flexibility index (Phi) is 17.4. The quantitative estimate of drug-likeness (QED) is 0.282. The van der Waals surface area contributed by atoms with Gasteiger partial charge in [-0.3, -0.25) is 9.69 Å². The van der Waals surface area contributed by atoms with Crippen LogP contribution in [0.4, 0.5) is 18.9 Å². The number of Topliss-reactive ketones (excluding diaryl/α,β-unsaturated/α-hetero) is 1. The van der Waals surface area contributed by atoms with Crippen LogP contribution in [0.2, 0.25) is 0 Å². The Morgan fingerprint density at radius 1 is 0.933 bits per heavy atom. The number of benzene rings is 2. The van der Waals surface area contributed by atoms with E-state index in [1.54, 1.807) is 18.2 Å². The van der Waals surface area contributed by atoms with E-state index < -0.39 is 17.6 Å². The Bertz CT molecular complexity index is 1310. The molecule has 1 N–H and O–H groups in total. The third-order valence-corrected chi connectivity index (χ3v) is 7.09. The fourth-order valence-corrected chi connectivity index (χ4v) is 4.50. The molecule has 1 aliphatic heterocycles. The third-order valence-electron chi connectivity index (χ3n) is 7.09. The van der Waals surface area contributed by atoms with E-state index in [9.17, 15) is 22.8 Å². The van der Waals surface area contributed by atoms with Gasteiger partial charge in [-0.05, 0) is 101 Å². The molecule has 0 aliphatic carbocycles. The van der Waals surface area contributed by atoms with Crippen molar-refractivity contribution < 1.29 is 22.8 Å². The van der Waals surface area contributed by atoms with Crippen LogP contribution in [0.3, 0.4) is 0 Å². The molecule has 0 bridgehead atoms. The molecular weight excluding hydrogens is 575 g/mol. The maximum atomic E-state index is 13.7. The summed E-state index contributed by atoms with van der Waals surface area (Å²) >= 11 is 0. The summed E-state index contributed by atoms with van der Waals surface area (Å²) in [6.07, 6.45) is 4.64. The zero-order chi connectivity index (χ0) is 34.2. The number of halogens is 3. The minimum Gasteiger partial charge on any atom is -0.322 e. The molecule has 0 aromatic heterocycles. The van der Waals surface area contributed by atoms with Crippen LogP contribution >= 0.6 is 0 Å². The van der Waals surface area contributed by atoms with Crippen molar-refractivity contribution in [2.45, 2.75) is 80.4 Å². The summed E-state index contributed by atoms with van der Waals surface area (Å²) in [4.78, 5) is 26.3. The molecule has 1 saturated heterocycles. The molecule has 0 radical (unpaired) electrons. The summed E-state index contributed by atoms with van der Waals surface area (Å²) in [5.41, 5.74) is 4.92. The van der Waals surface area contributed by atoms with Crippen LogP contribution in [-0.2, 0) is 23.9 Å². The number of anilines is 1. The van der Waals surface area contributed by atoms with Crippen LogP contribution in [0, 0.1) is 6.92 Å². The highest BCUT2D eigenvalue weighted by Gasteiger charge is 2.34. The molecule has 0 atom stereocenters. The van der Waals surface area contributed by atoms with E-state index in [1.807, 2.05) is 31.0 Å². The van der Waals surface area contributed by atoms with Crippen LogP contribution in [0.15, 0.2) is 72.4 Å². The second kappa shape index (κ2) is 19.8. The number of piperazine rings is 1. The zero-order valence-corrected chi connectivity index (χ0v) is 28.4. The van der Waals surface area contributed by atoms with E-state index in [0.29, 0.717) is 5.56 Å². The highest BCUT2D eigenvalue weighted by Crippen LogP contribution is 2.34. The molecule has 248 valence electrons. The lowest BCUT2D eigenvalue weighted by Gasteiger charge is -2.33. The van der Waals surface area contributed by atoms with Crippen molar-refractivity contribution in [2.75, 3.05) is 38.5 Å². The van der Waals surface area contributed by atoms with Crippen molar-refractivity contribution in [3.05, 3.63) is 100 Å². The number of likely N-dealkylation sites (N-methyl/N-ethyl adjacent to an activating group) is 1. The van der Waals surface area contributed by atoms with Gasteiger partial charge in [0.25, 0.3) is 5.91 Å². The molecule has 1 heterocycles. The van der Waals surface area contributed by atoms with Gasteiger partial charge in [-0.1, -0.05) is 62.8 Å². The molecule has 2 aromatic rings. The maximum absolute atomic E-state index is 13.7. The van der Waals surface area contributed by atoms with Crippen LogP contribution in [0.25, 0.3) is 0 Å². The number of rotatable bonds is 9. The standard InChI is InChI=1S/C24H30F3N3O.C10H16.C3H6O/c1-4-5-18-6-7-19(14-17(18)2)23(31)28-21-9-8-20(22(15-21)24(25,26)27)16-30-12-10-29(3)11-13-30;1-5-10(6-2)8-7-9(3)4;1-3(2)4/h6-9,14-15H,4-5,10-13,16H2,1-3H3,(H,28,31);5,7-8H,1,6H2,2-4H3;1-2H3/b;10-8+;. The summed E-state index contributed by atoms with van der Waals surface area (Å²) in [5.74, 6) is -0.244. The molecule has 1 fully saturated rings. The number of carbonyl (C=O) groups excluding carboxylic acids is 2. The average Bonchev–Trinajstić information content (AvgIpc) is 2.96. The van der Waals surface area contributed by atoms with Gasteiger partial charge < -0.3 is 15.0 Å². The molecule has 2 aromatic carbocycles. The Morgan fingerprint density at radius 2 is 1.53 bits per heavy atom. The van der Waals surface area contributed by atoms with E-state index in [0.717, 1.165) is 57.1 Å². The van der Waals surface area contributed by atoms with Gasteiger partial charge in [0.2, 0.25) is 0 Å². The molecule has 0 saturated carbocycles. The first-order valence-corrected chi connectivity index (χ1v) is 15.6. The molecular formula is C37H52F3N3O2. The largest absolute Gasteiger partial charge is 0.416 e. The zero-order valence-electron chi connectivity index (χ0n) is 28.4. The number of hydrogen-bond acceptors (Lipinski definition) is 4. The van der Waals surface area contributed by atoms with Crippen LogP contribution in [0.1, 0.15) is 87.0 Å². The fraction of sp³-hybridized carbons (Fsp3) is 0.459. The summed E-state index contributed by atoms with van der Waals surface area (Å²) in [6.45, 7) is 20.5. The number of ketones is 1. The second-order valence-corrected chi connectivity index (χ2v) is 11.7. The second-order valence-electron chi connectivity index (χ2n) is 11.7. The molecule has 5 nitrogen and oxygen atoms in total. The highest BCUT2D eigenvalue weighted by atomic mass is 19.4. The lowest BCUT2D eigenvalue weighted by Crippen LogP contribution is -2.44. The van der Waals surface area contributed by atoms with E-state index in [-0.39, 0.29) is 23.6 Å². The summed E-state index contributed by atoms with van der Waals surface area (Å²) in [6, 6.07) is 9.49. The molecule has 0 unspecified atom stereocenters. The lowest BCUT2D eigenvalue weighted by atomic mass is 10.0. The number of alkyl halides is 3. The number of carbonyl (C=O) groups is 2. The topological polar surface area (TPSA) is 52.7 Å². The minimum absolute atomic E-state index is 0.148. The molecule has 0 spiro atoms. The van der Waals surface area contributed by atoms with Crippen molar-refractivity contribution in [1.82, 2.24) is 9.80 Å². The van der Waals surface area contributed by atoms with Crippen molar-refractivity contribution in [2.24, 2.45) is 0 Å². The number of allylic oxidation sites excluding steroid dienone is 5. The molecule has 45 heavy (non-hydrogen) atoms. The molecule has 8 heteroatoms. The third kappa shape index (κ3) is 15.4. The SMILES string of the molecule is C=C/C(=C\C=C(C)C)CC.CC(C)=O.CCCc1ccc(C(=O)Nc2ccc(CN3CCN(C)CC3)c(C(F)(F)F)c2)cc1C. The summed E-state index contributed by atoms with van der Waals surface area (Å²) in [7, 11) is 2.01. The maximum Gasteiger partial charge on any atom is 0.416 e. The van der Waals surface area contributed by atoms with Gasteiger partial charge in [0, 0.05) is 44.0 Å². The van der Waals surface area contributed by atoms with Crippen molar-refractivity contribution in [3.63, 3.8) is 0 Å². The van der Waals surface area contributed by atoms with Gasteiger partial charge in [0.15, 0.2) is 0 Å². The van der Waals surface area contributed by atoms with Gasteiger partial charge in [0.1, 0.15) is 5.78 Å². The minimum atomic E-state index is -4.49. The smallest absolute Gasteiger partial charge is 0.322 e. The van der Waals surface area contributed by atoms with E-state index in [4.69, 9.17) is 0 Å². The first-order chi connectivity index (χ1) is 21.1. The molecule has 1 aliphatic rings.